The van der Waals surface area contributed by atoms with Crippen molar-refractivity contribution in [2.75, 3.05) is 0 Å². The van der Waals surface area contributed by atoms with Gasteiger partial charge in [0.25, 0.3) is 0 Å². The minimum atomic E-state index is 0.540. The van der Waals surface area contributed by atoms with E-state index >= 15 is 0 Å². The van der Waals surface area contributed by atoms with E-state index in [4.69, 9.17) is 0 Å². The summed E-state index contributed by atoms with van der Waals surface area (Å²) < 4.78 is 0. The molecule has 26 heavy (non-hydrogen) atoms. The van der Waals surface area contributed by atoms with Gasteiger partial charge in [0, 0.05) is 23.2 Å². The van der Waals surface area contributed by atoms with E-state index in [1.165, 1.54) is 21.9 Å². The number of nitrogens with zero attached hydrogens (tertiary/aromatic N) is 2. The predicted octanol–water partition coefficient (Wildman–Crippen LogP) is 6.72. The molecule has 0 aliphatic heterocycles. The molecule has 0 N–H and O–H groups in total. The summed E-state index contributed by atoms with van der Waals surface area (Å²) in [6.07, 6.45) is 3.70. The zero-order valence-electron chi connectivity index (χ0n) is 16.0. The SMILES string of the molecule is CC(C)c1ccc2cccnc2c1.CC(C)c1cccc2cccnc12. The summed E-state index contributed by atoms with van der Waals surface area (Å²) in [7, 11) is 0. The van der Waals surface area contributed by atoms with Gasteiger partial charge in [0.2, 0.25) is 0 Å². The van der Waals surface area contributed by atoms with Gasteiger partial charge in [0.05, 0.1) is 11.0 Å². The van der Waals surface area contributed by atoms with Crippen LogP contribution in [0, 0.1) is 0 Å². The Labute approximate surface area is 155 Å². The molecule has 0 bridgehead atoms. The fraction of sp³-hybridized carbons (Fsp3) is 0.250. The maximum absolute atomic E-state index is 4.40. The Kier molecular flexibility index (Phi) is 5.62. The van der Waals surface area contributed by atoms with Crippen LogP contribution in [-0.2, 0) is 0 Å². The Morgan fingerprint density at radius 3 is 2.08 bits per heavy atom. The third kappa shape index (κ3) is 4.08. The van der Waals surface area contributed by atoms with Crippen molar-refractivity contribution in [2.45, 2.75) is 39.5 Å². The Morgan fingerprint density at radius 1 is 0.654 bits per heavy atom. The van der Waals surface area contributed by atoms with E-state index in [9.17, 15) is 0 Å². The van der Waals surface area contributed by atoms with Crippen molar-refractivity contribution in [3.05, 3.63) is 84.2 Å². The fourth-order valence-corrected chi connectivity index (χ4v) is 3.04. The van der Waals surface area contributed by atoms with Gasteiger partial charge in [-0.2, -0.15) is 0 Å². The van der Waals surface area contributed by atoms with Crippen molar-refractivity contribution in [3.63, 3.8) is 0 Å². The Hall–Kier alpha value is -2.74. The molecule has 0 atom stereocenters. The first-order valence-electron chi connectivity index (χ1n) is 9.24. The molecule has 2 heteroatoms. The normalized spacial score (nSPS) is 11.0. The average Bonchev–Trinajstić information content (AvgIpc) is 2.67. The predicted molar refractivity (Wildman–Crippen MR) is 112 cm³/mol. The molecular formula is C24H26N2. The molecular weight excluding hydrogens is 316 g/mol. The van der Waals surface area contributed by atoms with Crippen LogP contribution in [0.4, 0.5) is 0 Å². The van der Waals surface area contributed by atoms with Crippen LogP contribution < -0.4 is 0 Å². The molecule has 2 aromatic heterocycles. The van der Waals surface area contributed by atoms with Crippen LogP contribution >= 0.6 is 0 Å². The van der Waals surface area contributed by atoms with Crippen LogP contribution in [0.3, 0.4) is 0 Å². The summed E-state index contributed by atoms with van der Waals surface area (Å²) in [4.78, 5) is 8.73. The van der Waals surface area contributed by atoms with Crippen LogP contribution in [-0.4, -0.2) is 9.97 Å². The molecule has 2 aromatic carbocycles. The highest BCUT2D eigenvalue weighted by Crippen LogP contribution is 2.22. The molecule has 0 fully saturated rings. The van der Waals surface area contributed by atoms with E-state index in [1.807, 2.05) is 24.5 Å². The van der Waals surface area contributed by atoms with Gasteiger partial charge in [-0.3, -0.25) is 9.97 Å². The van der Waals surface area contributed by atoms with Gasteiger partial charge in [-0.15, -0.1) is 0 Å². The zero-order valence-corrected chi connectivity index (χ0v) is 16.0. The summed E-state index contributed by atoms with van der Waals surface area (Å²) in [5.41, 5.74) is 4.91. The number of rotatable bonds is 2. The third-order valence-electron chi connectivity index (χ3n) is 4.58. The molecule has 0 saturated heterocycles. The summed E-state index contributed by atoms with van der Waals surface area (Å²) >= 11 is 0. The largest absolute Gasteiger partial charge is 0.256 e. The van der Waals surface area contributed by atoms with Gasteiger partial charge < -0.3 is 0 Å². The van der Waals surface area contributed by atoms with Crippen LogP contribution in [0.2, 0.25) is 0 Å². The Morgan fingerprint density at radius 2 is 1.35 bits per heavy atom. The van der Waals surface area contributed by atoms with E-state index < -0.39 is 0 Å². The molecule has 0 aliphatic carbocycles. The maximum Gasteiger partial charge on any atom is 0.0736 e. The number of aromatic nitrogens is 2. The second kappa shape index (κ2) is 8.09. The number of benzene rings is 2. The van der Waals surface area contributed by atoms with Crippen molar-refractivity contribution in [2.24, 2.45) is 0 Å². The lowest BCUT2D eigenvalue weighted by atomic mass is 10.00. The smallest absolute Gasteiger partial charge is 0.0736 e. The molecule has 0 amide bonds. The molecule has 132 valence electrons. The van der Waals surface area contributed by atoms with E-state index in [2.05, 4.69) is 86.2 Å². The molecule has 4 aromatic rings. The van der Waals surface area contributed by atoms with Crippen molar-refractivity contribution < 1.29 is 0 Å². The van der Waals surface area contributed by atoms with Crippen LogP contribution in [0.5, 0.6) is 0 Å². The van der Waals surface area contributed by atoms with Gasteiger partial charge in [0.15, 0.2) is 0 Å². The first-order chi connectivity index (χ1) is 12.6. The lowest BCUT2D eigenvalue weighted by Crippen LogP contribution is -1.90. The molecule has 2 heterocycles. The van der Waals surface area contributed by atoms with Gasteiger partial charge in [-0.1, -0.05) is 70.2 Å². The molecule has 0 saturated carbocycles. The molecule has 0 radical (unpaired) electrons. The third-order valence-corrected chi connectivity index (χ3v) is 4.58. The van der Waals surface area contributed by atoms with Crippen LogP contribution in [0.15, 0.2) is 73.1 Å². The van der Waals surface area contributed by atoms with Gasteiger partial charge in [-0.05, 0) is 41.2 Å². The standard InChI is InChI=1S/2C12H13N/c1-9(2)11-7-3-5-10-6-4-8-13-12(10)11;1-9(2)11-6-5-10-4-3-7-13-12(10)8-11/h2*3-9H,1-2H3. The van der Waals surface area contributed by atoms with Gasteiger partial charge in [-0.25, -0.2) is 0 Å². The summed E-state index contributed by atoms with van der Waals surface area (Å²) in [6.45, 7) is 8.79. The monoisotopic (exact) mass is 342 g/mol. The van der Waals surface area contributed by atoms with E-state index in [1.54, 1.807) is 0 Å². The van der Waals surface area contributed by atoms with Gasteiger partial charge in [0.1, 0.15) is 0 Å². The van der Waals surface area contributed by atoms with Crippen LogP contribution in [0.25, 0.3) is 21.8 Å². The van der Waals surface area contributed by atoms with E-state index in [-0.39, 0.29) is 0 Å². The average molecular weight is 342 g/mol. The quantitative estimate of drug-likeness (QED) is 0.404. The number of pyridine rings is 2. The highest BCUT2D eigenvalue weighted by molar-refractivity contribution is 5.82. The fourth-order valence-electron chi connectivity index (χ4n) is 3.04. The second-order valence-corrected chi connectivity index (χ2v) is 7.19. The van der Waals surface area contributed by atoms with Crippen molar-refractivity contribution >= 4 is 21.8 Å². The highest BCUT2D eigenvalue weighted by Gasteiger charge is 2.04. The second-order valence-electron chi connectivity index (χ2n) is 7.19. The number of hydrogen-bond acceptors (Lipinski definition) is 2. The van der Waals surface area contributed by atoms with Crippen molar-refractivity contribution in [3.8, 4) is 0 Å². The van der Waals surface area contributed by atoms with Crippen molar-refractivity contribution in [1.29, 1.82) is 0 Å². The lowest BCUT2D eigenvalue weighted by molar-refractivity contribution is 0.868. The minimum absolute atomic E-state index is 0.540. The van der Waals surface area contributed by atoms with Crippen LogP contribution in [0.1, 0.15) is 50.7 Å². The highest BCUT2D eigenvalue weighted by atomic mass is 14.7. The molecule has 2 nitrogen and oxygen atoms in total. The van der Waals surface area contributed by atoms with E-state index in [0.717, 1.165) is 11.0 Å². The summed E-state index contributed by atoms with van der Waals surface area (Å²) in [5, 5.41) is 2.45. The molecule has 4 rings (SSSR count). The number of fused-ring (bicyclic) bond motifs is 2. The first-order valence-corrected chi connectivity index (χ1v) is 9.24. The maximum atomic E-state index is 4.40. The molecule has 0 unspecified atom stereocenters. The number of hydrogen-bond donors (Lipinski definition) is 0. The first kappa shape index (κ1) is 18.1. The minimum Gasteiger partial charge on any atom is -0.256 e. The number of para-hydroxylation sites is 1. The van der Waals surface area contributed by atoms with Gasteiger partial charge >= 0.3 is 0 Å². The Bertz CT molecular complexity index is 991. The van der Waals surface area contributed by atoms with E-state index in [0.29, 0.717) is 11.8 Å². The molecule has 0 spiro atoms. The molecule has 0 aliphatic rings. The topological polar surface area (TPSA) is 25.8 Å². The Balaban J connectivity index is 0.000000151. The summed E-state index contributed by atoms with van der Waals surface area (Å²) in [5.74, 6) is 1.12. The van der Waals surface area contributed by atoms with Crippen molar-refractivity contribution in [1.82, 2.24) is 9.97 Å². The zero-order chi connectivity index (χ0) is 18.5. The summed E-state index contributed by atoms with van der Waals surface area (Å²) in [6, 6.07) is 21.0. The lowest BCUT2D eigenvalue weighted by Gasteiger charge is -2.07.